The van der Waals surface area contributed by atoms with Gasteiger partial charge in [-0.25, -0.2) is 0 Å². The molecule has 31 heavy (non-hydrogen) atoms. The number of nitrogens with zero attached hydrogens (tertiary/aromatic N) is 4. The number of thiocarbonyl (C=S) groups is 1. The molecule has 0 radical (unpaired) electrons. The first-order chi connectivity index (χ1) is 14.7. The van der Waals surface area contributed by atoms with Crippen molar-refractivity contribution in [3.05, 3.63) is 31.9 Å². The number of carboxylic acids is 1. The number of carbonyl (C=O) groups excluding carboxylic acids is 1. The highest BCUT2D eigenvalue weighted by atomic mass is 32.2. The minimum atomic E-state index is -1.15. The Morgan fingerprint density at radius 3 is 2.71 bits per heavy atom. The molecule has 0 saturated carbocycles. The number of hydrogen-bond donors (Lipinski definition) is 1. The summed E-state index contributed by atoms with van der Waals surface area (Å²) in [5.74, 6) is -0.490. The Hall–Kier alpha value is -2.64. The highest BCUT2D eigenvalue weighted by Gasteiger charge is 2.34. The molecule has 8 nitrogen and oxygen atoms in total. The van der Waals surface area contributed by atoms with Crippen LogP contribution in [0.1, 0.15) is 43.4 Å². The third kappa shape index (κ3) is 4.38. The molecule has 1 N–H and O–H groups in total. The summed E-state index contributed by atoms with van der Waals surface area (Å²) < 4.78 is 1.77. The van der Waals surface area contributed by atoms with Gasteiger partial charge in [-0.3, -0.25) is 23.9 Å². The minimum absolute atomic E-state index is 0.0444. The molecule has 0 bridgehead atoms. The van der Waals surface area contributed by atoms with E-state index in [9.17, 15) is 19.6 Å². The number of hydrogen-bond acceptors (Lipinski definition) is 7. The fourth-order valence-corrected chi connectivity index (χ4v) is 5.30. The molecule has 0 aliphatic carbocycles. The van der Waals surface area contributed by atoms with Crippen molar-refractivity contribution in [3.8, 4) is 6.07 Å². The van der Waals surface area contributed by atoms with Crippen LogP contribution in [-0.2, 0) is 16.1 Å². The van der Waals surface area contributed by atoms with E-state index in [1.54, 1.807) is 17.6 Å². The molecule has 0 spiro atoms. The van der Waals surface area contributed by atoms with Gasteiger partial charge in [-0.1, -0.05) is 30.9 Å². The van der Waals surface area contributed by atoms with Crippen LogP contribution in [0.25, 0.3) is 6.08 Å². The van der Waals surface area contributed by atoms with Crippen molar-refractivity contribution in [2.75, 3.05) is 24.5 Å². The lowest BCUT2D eigenvalue weighted by atomic mass is 9.98. The SMILES string of the molecule is CCn1c(N2CCCC(C)C2)c(/C=C2\SC(=S)N(CC(=O)O)C2=O)c(C)c(C#N)c1=O. The summed E-state index contributed by atoms with van der Waals surface area (Å²) in [5.41, 5.74) is 0.839. The van der Waals surface area contributed by atoms with Crippen LogP contribution in [0.15, 0.2) is 9.70 Å². The van der Waals surface area contributed by atoms with E-state index in [0.717, 1.165) is 42.6 Å². The maximum absolute atomic E-state index is 13.0. The lowest BCUT2D eigenvalue weighted by molar-refractivity contribution is -0.140. The number of carboxylic acid groups (broad SMARTS) is 1. The number of piperidine rings is 1. The van der Waals surface area contributed by atoms with E-state index in [1.807, 2.05) is 13.0 Å². The van der Waals surface area contributed by atoms with Gasteiger partial charge in [0, 0.05) is 25.2 Å². The van der Waals surface area contributed by atoms with Gasteiger partial charge in [-0.2, -0.15) is 5.26 Å². The lowest BCUT2D eigenvalue weighted by Gasteiger charge is -2.35. The summed E-state index contributed by atoms with van der Waals surface area (Å²) in [4.78, 5) is 40.4. The van der Waals surface area contributed by atoms with Crippen molar-refractivity contribution in [2.24, 2.45) is 5.92 Å². The number of amides is 1. The van der Waals surface area contributed by atoms with Crippen molar-refractivity contribution in [3.63, 3.8) is 0 Å². The van der Waals surface area contributed by atoms with Crippen LogP contribution in [0, 0.1) is 24.2 Å². The molecule has 1 aromatic rings. The molecule has 3 rings (SSSR count). The van der Waals surface area contributed by atoms with Crippen molar-refractivity contribution in [2.45, 2.75) is 40.2 Å². The van der Waals surface area contributed by atoms with Crippen LogP contribution >= 0.6 is 24.0 Å². The first kappa shape index (κ1) is 23.0. The number of pyridine rings is 1. The Bertz CT molecular complexity index is 1090. The number of carbonyl (C=O) groups is 2. The smallest absolute Gasteiger partial charge is 0.323 e. The van der Waals surface area contributed by atoms with Crippen LogP contribution in [0.3, 0.4) is 0 Å². The van der Waals surface area contributed by atoms with Gasteiger partial charge in [-0.05, 0) is 44.2 Å². The van der Waals surface area contributed by atoms with Gasteiger partial charge in [0.15, 0.2) is 0 Å². The maximum atomic E-state index is 13.0. The molecule has 2 fully saturated rings. The van der Waals surface area contributed by atoms with E-state index in [4.69, 9.17) is 17.3 Å². The van der Waals surface area contributed by atoms with Gasteiger partial charge >= 0.3 is 5.97 Å². The van der Waals surface area contributed by atoms with E-state index < -0.39 is 18.4 Å². The number of rotatable bonds is 5. The topological polar surface area (TPSA) is 107 Å². The highest BCUT2D eigenvalue weighted by molar-refractivity contribution is 8.26. The number of aliphatic carboxylic acids is 1. The van der Waals surface area contributed by atoms with Crippen LogP contribution in [0.5, 0.6) is 0 Å². The Morgan fingerprint density at radius 1 is 1.42 bits per heavy atom. The molecule has 1 unspecified atom stereocenters. The largest absolute Gasteiger partial charge is 0.480 e. The molecule has 164 valence electrons. The van der Waals surface area contributed by atoms with E-state index in [0.29, 0.717) is 29.4 Å². The first-order valence-corrected chi connectivity index (χ1v) is 11.3. The molecule has 3 heterocycles. The normalized spacial score (nSPS) is 20.5. The van der Waals surface area contributed by atoms with Crippen LogP contribution < -0.4 is 10.5 Å². The van der Waals surface area contributed by atoms with Gasteiger partial charge < -0.3 is 10.0 Å². The molecule has 2 saturated heterocycles. The van der Waals surface area contributed by atoms with E-state index >= 15 is 0 Å². The molecule has 1 aromatic heterocycles. The van der Waals surface area contributed by atoms with Gasteiger partial charge in [0.2, 0.25) is 0 Å². The Morgan fingerprint density at radius 2 is 2.13 bits per heavy atom. The predicted octanol–water partition coefficient (Wildman–Crippen LogP) is 2.57. The Kier molecular flexibility index (Phi) is 6.86. The second kappa shape index (κ2) is 9.24. The monoisotopic (exact) mass is 460 g/mol. The third-order valence-corrected chi connectivity index (χ3v) is 6.94. The van der Waals surface area contributed by atoms with Gasteiger partial charge in [0.05, 0.1) is 4.91 Å². The van der Waals surface area contributed by atoms with E-state index in [2.05, 4.69) is 11.8 Å². The highest BCUT2D eigenvalue weighted by Crippen LogP contribution is 2.36. The van der Waals surface area contributed by atoms with E-state index in [1.165, 1.54) is 0 Å². The minimum Gasteiger partial charge on any atom is -0.480 e. The van der Waals surface area contributed by atoms with Gasteiger partial charge in [-0.15, -0.1) is 0 Å². The fourth-order valence-electron chi connectivity index (χ4n) is 4.06. The first-order valence-electron chi connectivity index (χ1n) is 10.1. The number of aromatic nitrogens is 1. The summed E-state index contributed by atoms with van der Waals surface area (Å²) in [6.45, 7) is 7.14. The van der Waals surface area contributed by atoms with Crippen LogP contribution in [0.4, 0.5) is 5.82 Å². The average molecular weight is 461 g/mol. The quantitative estimate of drug-likeness (QED) is 0.528. The second-order valence-corrected chi connectivity index (χ2v) is 9.43. The third-order valence-electron chi connectivity index (χ3n) is 5.56. The zero-order valence-electron chi connectivity index (χ0n) is 17.7. The fraction of sp³-hybridized carbons (Fsp3) is 0.476. The van der Waals surface area contributed by atoms with Crippen molar-refractivity contribution >= 4 is 52.1 Å². The predicted molar refractivity (Wildman–Crippen MR) is 124 cm³/mol. The molecule has 10 heteroatoms. The van der Waals surface area contributed by atoms with Crippen molar-refractivity contribution < 1.29 is 14.7 Å². The lowest BCUT2D eigenvalue weighted by Crippen LogP contribution is -2.40. The van der Waals surface area contributed by atoms with Crippen molar-refractivity contribution in [1.82, 2.24) is 9.47 Å². The standard InChI is InChI=1S/C21H24N4O4S2/c1-4-24-18(23-7-5-6-12(2)10-23)14(13(3)15(9-22)19(24)28)8-16-20(29)25(11-17(26)27)21(30)31-16/h8,12H,4-7,10-11H2,1-3H3,(H,26,27)/b16-8-. The maximum Gasteiger partial charge on any atom is 0.323 e. The Labute approximate surface area is 190 Å². The molecule has 2 aliphatic rings. The van der Waals surface area contributed by atoms with Crippen LogP contribution in [0.2, 0.25) is 0 Å². The van der Waals surface area contributed by atoms with E-state index in [-0.39, 0.29) is 20.3 Å². The zero-order valence-corrected chi connectivity index (χ0v) is 19.3. The summed E-state index contributed by atoms with van der Waals surface area (Å²) in [6, 6.07) is 2.01. The summed E-state index contributed by atoms with van der Waals surface area (Å²) in [7, 11) is 0. The van der Waals surface area contributed by atoms with Crippen molar-refractivity contribution in [1.29, 1.82) is 5.26 Å². The molecular formula is C21H24N4O4S2. The van der Waals surface area contributed by atoms with Gasteiger partial charge in [0.25, 0.3) is 11.5 Å². The summed E-state index contributed by atoms with van der Waals surface area (Å²) >= 11 is 6.23. The zero-order chi connectivity index (χ0) is 22.9. The van der Waals surface area contributed by atoms with Crippen LogP contribution in [-0.4, -0.2) is 50.4 Å². The Balaban J connectivity index is 2.21. The van der Waals surface area contributed by atoms with Gasteiger partial charge in [0.1, 0.15) is 28.3 Å². The summed E-state index contributed by atoms with van der Waals surface area (Å²) in [5, 5.41) is 18.7. The second-order valence-electron chi connectivity index (χ2n) is 7.75. The number of thioether (sulfide) groups is 1. The number of anilines is 1. The molecule has 1 amide bonds. The molecule has 2 aliphatic heterocycles. The number of nitriles is 1. The summed E-state index contributed by atoms with van der Waals surface area (Å²) in [6.07, 6.45) is 3.74. The molecule has 1 atom stereocenters. The molecule has 0 aromatic carbocycles. The molecular weight excluding hydrogens is 436 g/mol. The average Bonchev–Trinajstić information content (AvgIpc) is 2.97.